The van der Waals surface area contributed by atoms with E-state index in [0.717, 1.165) is 45.2 Å². The van der Waals surface area contributed by atoms with Crippen molar-refractivity contribution in [1.29, 1.82) is 5.39 Å². The molecule has 0 saturated heterocycles. The van der Waals surface area contributed by atoms with E-state index >= 15 is 0 Å². The third-order valence-corrected chi connectivity index (χ3v) is 4.61. The van der Waals surface area contributed by atoms with Crippen molar-refractivity contribution in [3.05, 3.63) is 71.7 Å². The molecule has 0 fully saturated rings. The fraction of sp³-hybridized carbons (Fsp3) is 0.0952. The summed E-state index contributed by atoms with van der Waals surface area (Å²) in [4.78, 5) is 3.38. The van der Waals surface area contributed by atoms with Crippen LogP contribution >= 0.6 is 0 Å². The fourth-order valence-electron chi connectivity index (χ4n) is 3.53. The summed E-state index contributed by atoms with van der Waals surface area (Å²) >= 11 is 0. The highest BCUT2D eigenvalue weighted by molar-refractivity contribution is 6.10. The molecular weight excluding hydrogens is 308 g/mol. The Kier molecular flexibility index (Phi) is 3.55. The van der Waals surface area contributed by atoms with Gasteiger partial charge in [-0.1, -0.05) is 18.2 Å². The number of aromatic nitrogens is 1. The first kappa shape index (κ1) is 15.1. The highest BCUT2D eigenvalue weighted by atomic mass is 15.0. The molecule has 4 nitrogen and oxygen atoms in total. The van der Waals surface area contributed by atoms with E-state index in [1.165, 1.54) is 0 Å². The van der Waals surface area contributed by atoms with Crippen LogP contribution in [-0.2, 0) is 6.54 Å². The van der Waals surface area contributed by atoms with Gasteiger partial charge in [0, 0.05) is 34.8 Å². The minimum atomic E-state index is 0.544. The van der Waals surface area contributed by atoms with E-state index < -0.39 is 0 Å². The van der Waals surface area contributed by atoms with Crippen LogP contribution in [0.5, 0.6) is 0 Å². The van der Waals surface area contributed by atoms with Crippen LogP contribution in [0.25, 0.3) is 37.9 Å². The SMILES string of the molecule is CC[n+]1c(-c2ccccc2)c2cc([N+]#N)ccc2c2ccc(N)cc21. The largest absolute Gasteiger partial charge is 0.399 e. The zero-order chi connectivity index (χ0) is 17.4. The standard InChI is InChI=1S/C21H17N4/c1-2-25-20-12-15(22)8-10-18(20)17-11-9-16(24-23)13-19(17)21(25)14-6-4-3-5-7-14/h3-13,22H,2H2,1H3/q+1/p+1. The van der Waals surface area contributed by atoms with Crippen molar-refractivity contribution >= 4 is 33.1 Å². The molecule has 0 bridgehead atoms. The molecule has 0 saturated carbocycles. The number of nitrogen functional groups attached to an aromatic ring is 1. The lowest BCUT2D eigenvalue weighted by Crippen LogP contribution is -2.36. The van der Waals surface area contributed by atoms with Gasteiger partial charge < -0.3 is 5.73 Å². The highest BCUT2D eigenvalue weighted by Crippen LogP contribution is 2.34. The van der Waals surface area contributed by atoms with E-state index in [2.05, 4.69) is 34.7 Å². The first-order valence-electron chi connectivity index (χ1n) is 8.32. The Labute approximate surface area is 145 Å². The lowest BCUT2D eigenvalue weighted by molar-refractivity contribution is -0.655. The lowest BCUT2D eigenvalue weighted by atomic mass is 9.98. The molecule has 0 unspecified atom stereocenters. The van der Waals surface area contributed by atoms with E-state index in [4.69, 9.17) is 5.73 Å². The summed E-state index contributed by atoms with van der Waals surface area (Å²) in [7, 11) is 0. The van der Waals surface area contributed by atoms with Crippen LogP contribution in [0.2, 0.25) is 0 Å². The summed E-state index contributed by atoms with van der Waals surface area (Å²) in [6, 6.07) is 22.0. The number of nitrogens with two attached hydrogens (primary N) is 1. The van der Waals surface area contributed by atoms with Crippen LogP contribution in [0, 0.1) is 5.39 Å². The second-order valence-electron chi connectivity index (χ2n) is 6.07. The second-order valence-corrected chi connectivity index (χ2v) is 6.07. The quantitative estimate of drug-likeness (QED) is 0.243. The van der Waals surface area contributed by atoms with Gasteiger partial charge in [0.05, 0.1) is 10.8 Å². The maximum Gasteiger partial charge on any atom is 0.385 e. The first-order chi connectivity index (χ1) is 12.2. The zero-order valence-corrected chi connectivity index (χ0v) is 14.0. The van der Waals surface area contributed by atoms with Crippen molar-refractivity contribution in [2.24, 2.45) is 0 Å². The third kappa shape index (κ3) is 2.38. The number of benzene rings is 3. The van der Waals surface area contributed by atoms with Crippen LogP contribution < -0.4 is 10.3 Å². The molecule has 2 N–H and O–H groups in total. The zero-order valence-electron chi connectivity index (χ0n) is 14.0. The molecule has 25 heavy (non-hydrogen) atoms. The van der Waals surface area contributed by atoms with Crippen LogP contribution in [0.15, 0.2) is 66.7 Å². The van der Waals surface area contributed by atoms with Crippen molar-refractivity contribution in [3.8, 4) is 11.3 Å². The molecule has 0 aliphatic heterocycles. The monoisotopic (exact) mass is 326 g/mol. The molecule has 120 valence electrons. The van der Waals surface area contributed by atoms with Gasteiger partial charge in [-0.25, -0.2) is 0 Å². The van der Waals surface area contributed by atoms with Gasteiger partial charge in [0.15, 0.2) is 4.98 Å². The number of pyridine rings is 1. The van der Waals surface area contributed by atoms with E-state index in [1.807, 2.05) is 48.5 Å². The molecule has 0 aliphatic rings. The van der Waals surface area contributed by atoms with Crippen molar-refractivity contribution in [2.75, 3.05) is 5.73 Å². The molecule has 0 aliphatic carbocycles. The summed E-state index contributed by atoms with van der Waals surface area (Å²) in [5, 5.41) is 12.5. The smallest absolute Gasteiger partial charge is 0.385 e. The molecule has 4 heteroatoms. The van der Waals surface area contributed by atoms with E-state index in [0.29, 0.717) is 5.69 Å². The van der Waals surface area contributed by atoms with Crippen LogP contribution in [0.3, 0.4) is 0 Å². The Hall–Kier alpha value is -3.45. The summed E-state index contributed by atoms with van der Waals surface area (Å²) in [5.74, 6) is 0. The van der Waals surface area contributed by atoms with Gasteiger partial charge in [0.1, 0.15) is 6.54 Å². The number of hydrogen-bond acceptors (Lipinski definition) is 2. The average Bonchev–Trinajstić information content (AvgIpc) is 2.66. The van der Waals surface area contributed by atoms with Gasteiger partial charge in [-0.2, -0.15) is 4.57 Å². The van der Waals surface area contributed by atoms with Gasteiger partial charge >= 0.3 is 5.69 Å². The molecule has 0 atom stereocenters. The molecule has 1 heterocycles. The second kappa shape index (κ2) is 5.88. The normalized spacial score (nSPS) is 10.9. The van der Waals surface area contributed by atoms with Gasteiger partial charge in [0.25, 0.3) is 0 Å². The molecule has 3 aromatic carbocycles. The van der Waals surface area contributed by atoms with Crippen LogP contribution in [0.4, 0.5) is 11.4 Å². The predicted octanol–water partition coefficient (Wildman–Crippen LogP) is 5.03. The number of aryl methyl sites for hydroxylation is 1. The first-order valence-corrected chi connectivity index (χ1v) is 8.32. The Bertz CT molecular complexity index is 1140. The van der Waals surface area contributed by atoms with Gasteiger partial charge in [-0.05, 0) is 37.3 Å². The van der Waals surface area contributed by atoms with Gasteiger partial charge in [-0.3, -0.25) is 0 Å². The highest BCUT2D eigenvalue weighted by Gasteiger charge is 2.24. The average molecular weight is 326 g/mol. The number of fused-ring (bicyclic) bond motifs is 3. The van der Waals surface area contributed by atoms with Crippen molar-refractivity contribution < 1.29 is 4.57 Å². The predicted molar refractivity (Wildman–Crippen MR) is 102 cm³/mol. The fourth-order valence-corrected chi connectivity index (χ4v) is 3.53. The maximum absolute atomic E-state index is 9.24. The molecule has 0 radical (unpaired) electrons. The Morgan fingerprint density at radius 3 is 2.40 bits per heavy atom. The van der Waals surface area contributed by atoms with E-state index in [-0.39, 0.29) is 0 Å². The molecule has 1 aromatic heterocycles. The Balaban J connectivity index is 2.28. The van der Waals surface area contributed by atoms with Crippen LogP contribution in [0.1, 0.15) is 6.92 Å². The van der Waals surface area contributed by atoms with E-state index in [1.54, 1.807) is 0 Å². The topological polar surface area (TPSA) is 58.0 Å². The Morgan fingerprint density at radius 1 is 0.920 bits per heavy atom. The third-order valence-electron chi connectivity index (χ3n) is 4.61. The minimum Gasteiger partial charge on any atom is -0.399 e. The number of nitrogens with zero attached hydrogens (tertiary/aromatic N) is 3. The number of rotatable bonds is 2. The number of hydrogen-bond donors (Lipinski definition) is 1. The van der Waals surface area contributed by atoms with Crippen molar-refractivity contribution in [2.45, 2.75) is 13.5 Å². The lowest BCUT2D eigenvalue weighted by Gasteiger charge is -2.11. The molecular formula is C21H18N4+2. The van der Waals surface area contributed by atoms with Crippen molar-refractivity contribution in [3.63, 3.8) is 0 Å². The van der Waals surface area contributed by atoms with Crippen LogP contribution in [-0.4, -0.2) is 0 Å². The Morgan fingerprint density at radius 2 is 1.68 bits per heavy atom. The number of diazo groups is 1. The maximum atomic E-state index is 9.24. The molecule has 4 aromatic rings. The molecule has 0 amide bonds. The number of anilines is 1. The van der Waals surface area contributed by atoms with Gasteiger partial charge in [0.2, 0.25) is 16.6 Å². The minimum absolute atomic E-state index is 0.544. The van der Waals surface area contributed by atoms with E-state index in [9.17, 15) is 5.39 Å². The summed E-state index contributed by atoms with van der Waals surface area (Å²) in [6.45, 7) is 2.93. The molecule has 0 spiro atoms. The summed E-state index contributed by atoms with van der Waals surface area (Å²) < 4.78 is 2.27. The summed E-state index contributed by atoms with van der Waals surface area (Å²) in [6.07, 6.45) is 0. The van der Waals surface area contributed by atoms with Crippen molar-refractivity contribution in [1.82, 2.24) is 0 Å². The van der Waals surface area contributed by atoms with Gasteiger partial charge in [-0.15, -0.1) is 0 Å². The summed E-state index contributed by atoms with van der Waals surface area (Å²) in [5.41, 5.74) is 10.7. The molecule has 4 rings (SSSR count).